The van der Waals surface area contributed by atoms with E-state index in [0.29, 0.717) is 0 Å². The predicted molar refractivity (Wildman–Crippen MR) is 111 cm³/mol. The number of ether oxygens (including phenoxy) is 1. The van der Waals surface area contributed by atoms with Crippen LogP contribution >= 0.6 is 11.3 Å². The van der Waals surface area contributed by atoms with Crippen molar-refractivity contribution < 1.29 is 4.74 Å². The number of thiophene rings is 1. The van der Waals surface area contributed by atoms with Crippen LogP contribution in [0.4, 0.5) is 5.69 Å². The van der Waals surface area contributed by atoms with E-state index < -0.39 is 0 Å². The van der Waals surface area contributed by atoms with Crippen molar-refractivity contribution in [3.63, 3.8) is 0 Å². The highest BCUT2D eigenvalue weighted by Crippen LogP contribution is 2.17. The van der Waals surface area contributed by atoms with E-state index in [0.717, 1.165) is 36.7 Å². The van der Waals surface area contributed by atoms with Crippen LogP contribution in [0.2, 0.25) is 0 Å². The van der Waals surface area contributed by atoms with Crippen LogP contribution in [-0.2, 0) is 13.0 Å². The summed E-state index contributed by atoms with van der Waals surface area (Å²) in [5.41, 5.74) is 4.65. The van der Waals surface area contributed by atoms with E-state index >= 15 is 0 Å². The van der Waals surface area contributed by atoms with Crippen molar-refractivity contribution in [2.24, 2.45) is 4.99 Å². The molecule has 1 heterocycles. The van der Waals surface area contributed by atoms with Crippen molar-refractivity contribution in [3.05, 3.63) is 82.0 Å². The zero-order valence-corrected chi connectivity index (χ0v) is 16.1. The summed E-state index contributed by atoms with van der Waals surface area (Å²) in [4.78, 5) is 5.91. The van der Waals surface area contributed by atoms with Crippen LogP contribution < -0.4 is 10.1 Å². The molecule has 0 atom stereocenters. The van der Waals surface area contributed by atoms with E-state index in [-0.39, 0.29) is 0 Å². The van der Waals surface area contributed by atoms with Gasteiger partial charge in [0.2, 0.25) is 0 Å². The highest BCUT2D eigenvalue weighted by molar-refractivity contribution is 7.12. The minimum atomic E-state index is 0.867. The minimum Gasteiger partial charge on any atom is -0.497 e. The molecule has 3 rings (SSSR count). The molecule has 4 heteroatoms. The molecule has 0 bridgehead atoms. The first-order chi connectivity index (χ1) is 12.7. The zero-order valence-electron chi connectivity index (χ0n) is 15.2. The molecule has 0 saturated carbocycles. The average Bonchev–Trinajstić information content (AvgIpc) is 3.22. The molecule has 0 aliphatic rings. The fourth-order valence-electron chi connectivity index (χ4n) is 2.68. The quantitative estimate of drug-likeness (QED) is 0.439. The van der Waals surface area contributed by atoms with Crippen LogP contribution in [0.15, 0.2) is 71.0 Å². The first kappa shape index (κ1) is 18.4. The van der Waals surface area contributed by atoms with Crippen LogP contribution in [0.25, 0.3) is 0 Å². The van der Waals surface area contributed by atoms with Gasteiger partial charge in [-0.05, 0) is 66.7 Å². The normalized spacial score (nSPS) is 11.5. The van der Waals surface area contributed by atoms with E-state index in [2.05, 4.69) is 66.2 Å². The van der Waals surface area contributed by atoms with E-state index in [9.17, 15) is 0 Å². The number of benzene rings is 2. The Balaban J connectivity index is 1.46. The summed E-state index contributed by atoms with van der Waals surface area (Å²) < 4.78 is 5.18. The molecule has 0 radical (unpaired) electrons. The summed E-state index contributed by atoms with van der Waals surface area (Å²) >= 11 is 1.72. The third-order valence-corrected chi connectivity index (χ3v) is 5.17. The van der Waals surface area contributed by atoms with Crippen molar-refractivity contribution in [2.75, 3.05) is 13.7 Å². The van der Waals surface area contributed by atoms with Gasteiger partial charge >= 0.3 is 0 Å². The second kappa shape index (κ2) is 9.32. The lowest BCUT2D eigenvalue weighted by Gasteiger charge is -2.07. The second-order valence-electron chi connectivity index (χ2n) is 6.12. The lowest BCUT2D eigenvalue weighted by Crippen LogP contribution is -2.16. The summed E-state index contributed by atoms with van der Waals surface area (Å²) in [5, 5.41) is 5.57. The summed E-state index contributed by atoms with van der Waals surface area (Å²) in [6.07, 6.45) is 1.00. The Bertz CT molecular complexity index is 822. The molecule has 0 amide bonds. The maximum Gasteiger partial charge on any atom is 0.118 e. The van der Waals surface area contributed by atoms with Gasteiger partial charge in [-0.25, -0.2) is 0 Å². The Labute approximate surface area is 159 Å². The molecule has 134 valence electrons. The molecule has 0 spiro atoms. The van der Waals surface area contributed by atoms with Gasteiger partial charge in [-0.1, -0.05) is 30.3 Å². The van der Waals surface area contributed by atoms with Gasteiger partial charge in [0.05, 0.1) is 18.5 Å². The molecule has 0 fully saturated rings. The van der Waals surface area contributed by atoms with Crippen LogP contribution in [0, 0.1) is 0 Å². The number of rotatable bonds is 8. The van der Waals surface area contributed by atoms with Gasteiger partial charge in [0, 0.05) is 11.4 Å². The Morgan fingerprint density at radius 2 is 1.73 bits per heavy atom. The van der Waals surface area contributed by atoms with Gasteiger partial charge in [0.1, 0.15) is 5.75 Å². The summed E-state index contributed by atoms with van der Waals surface area (Å²) in [6.45, 7) is 3.87. The van der Waals surface area contributed by atoms with Gasteiger partial charge in [-0.15, -0.1) is 11.3 Å². The van der Waals surface area contributed by atoms with Crippen LogP contribution in [0.3, 0.4) is 0 Å². The number of hydrogen-bond acceptors (Lipinski definition) is 4. The van der Waals surface area contributed by atoms with Crippen LogP contribution in [0.5, 0.6) is 5.75 Å². The van der Waals surface area contributed by atoms with E-state index in [4.69, 9.17) is 9.73 Å². The molecule has 2 aromatic carbocycles. The Morgan fingerprint density at radius 1 is 1.00 bits per heavy atom. The van der Waals surface area contributed by atoms with Crippen molar-refractivity contribution in [2.45, 2.75) is 19.9 Å². The Morgan fingerprint density at radius 3 is 2.38 bits per heavy atom. The molecule has 0 unspecified atom stereocenters. The largest absolute Gasteiger partial charge is 0.497 e. The maximum atomic E-state index is 5.18. The molecular formula is C22H24N2OS. The molecule has 3 aromatic rings. The fraction of sp³-hybridized carbons (Fsp3) is 0.227. The Hall–Kier alpha value is -2.43. The number of nitrogens with zero attached hydrogens (tertiary/aromatic N) is 1. The van der Waals surface area contributed by atoms with Crippen molar-refractivity contribution in [1.29, 1.82) is 0 Å². The summed E-state index contributed by atoms with van der Waals surface area (Å²) in [7, 11) is 1.69. The lowest BCUT2D eigenvalue weighted by atomic mass is 10.1. The highest BCUT2D eigenvalue weighted by atomic mass is 32.1. The summed E-state index contributed by atoms with van der Waals surface area (Å²) in [6, 6.07) is 20.8. The topological polar surface area (TPSA) is 33.6 Å². The van der Waals surface area contributed by atoms with Crippen LogP contribution in [0.1, 0.15) is 22.9 Å². The number of aliphatic imine (C=N–C) groups is 1. The molecule has 0 aliphatic carbocycles. The summed E-state index contributed by atoms with van der Waals surface area (Å²) in [5.74, 6) is 0.894. The van der Waals surface area contributed by atoms with Crippen molar-refractivity contribution in [3.8, 4) is 5.75 Å². The first-order valence-electron chi connectivity index (χ1n) is 8.76. The molecule has 0 aliphatic heterocycles. The monoisotopic (exact) mass is 364 g/mol. The van der Waals surface area contributed by atoms with E-state index in [1.807, 2.05) is 12.1 Å². The average molecular weight is 365 g/mol. The smallest absolute Gasteiger partial charge is 0.118 e. The maximum absolute atomic E-state index is 5.18. The molecule has 1 aromatic heterocycles. The van der Waals surface area contributed by atoms with Crippen molar-refractivity contribution >= 4 is 22.7 Å². The predicted octanol–water partition coefficient (Wildman–Crippen LogP) is 5.23. The molecule has 3 nitrogen and oxygen atoms in total. The zero-order chi connectivity index (χ0) is 18.2. The molecule has 1 N–H and O–H groups in total. The van der Waals surface area contributed by atoms with Gasteiger partial charge in [0.15, 0.2) is 0 Å². The highest BCUT2D eigenvalue weighted by Gasteiger charge is 2.00. The molecule has 26 heavy (non-hydrogen) atoms. The lowest BCUT2D eigenvalue weighted by molar-refractivity contribution is 0.414. The Kier molecular flexibility index (Phi) is 6.58. The standard InChI is InChI=1S/C22H24N2OS/c1-17(22-4-3-15-26-22)24-20-9-5-18(6-10-20)13-14-23-16-19-7-11-21(25-2)12-8-19/h3-12,15,23H,13-14,16H2,1-2H3. The van der Waals surface area contributed by atoms with Gasteiger partial charge < -0.3 is 10.1 Å². The number of hydrogen-bond donors (Lipinski definition) is 1. The van der Waals surface area contributed by atoms with Gasteiger partial charge in [-0.3, -0.25) is 4.99 Å². The second-order valence-corrected chi connectivity index (χ2v) is 7.06. The fourth-order valence-corrected chi connectivity index (χ4v) is 3.36. The van der Waals surface area contributed by atoms with Gasteiger partial charge in [-0.2, -0.15) is 0 Å². The number of nitrogens with one attached hydrogen (secondary N) is 1. The van der Waals surface area contributed by atoms with Gasteiger partial charge in [0.25, 0.3) is 0 Å². The first-order valence-corrected chi connectivity index (χ1v) is 9.64. The minimum absolute atomic E-state index is 0.867. The van der Waals surface area contributed by atoms with E-state index in [1.165, 1.54) is 16.0 Å². The van der Waals surface area contributed by atoms with Crippen LogP contribution in [-0.4, -0.2) is 19.4 Å². The molecular weight excluding hydrogens is 340 g/mol. The third-order valence-electron chi connectivity index (χ3n) is 4.19. The number of methoxy groups -OCH3 is 1. The van der Waals surface area contributed by atoms with E-state index in [1.54, 1.807) is 18.4 Å². The SMILES string of the molecule is COc1ccc(CNCCc2ccc(N=C(C)c3cccs3)cc2)cc1. The van der Waals surface area contributed by atoms with Crippen molar-refractivity contribution in [1.82, 2.24) is 5.32 Å². The third kappa shape index (κ3) is 5.28. The molecule has 0 saturated heterocycles.